The molecule has 0 aliphatic heterocycles. The van der Waals surface area contributed by atoms with Crippen molar-refractivity contribution in [3.63, 3.8) is 0 Å². The summed E-state index contributed by atoms with van der Waals surface area (Å²) >= 11 is 6.11. The first kappa shape index (κ1) is 13.8. The van der Waals surface area contributed by atoms with Crippen LogP contribution in [-0.2, 0) is 17.6 Å². The summed E-state index contributed by atoms with van der Waals surface area (Å²) in [5, 5.41) is 9.33. The lowest BCUT2D eigenvalue weighted by Crippen LogP contribution is -2.32. The molecular weight excluding hydrogens is 242 g/mol. The first-order chi connectivity index (χ1) is 7.99. The molecule has 1 atom stereocenters. The van der Waals surface area contributed by atoms with E-state index in [2.05, 4.69) is 0 Å². The smallest absolute Gasteiger partial charge is 0.320 e. The highest BCUT2D eigenvalue weighted by molar-refractivity contribution is 6.31. The molecule has 94 valence electrons. The summed E-state index contributed by atoms with van der Waals surface area (Å²) in [6.45, 7) is 1.98. The Balaban J connectivity index is 3.03. The van der Waals surface area contributed by atoms with Crippen molar-refractivity contribution in [2.45, 2.75) is 25.8 Å². The van der Waals surface area contributed by atoms with Gasteiger partial charge in [0.05, 0.1) is 7.11 Å². The normalized spacial score (nSPS) is 12.2. The van der Waals surface area contributed by atoms with Gasteiger partial charge in [-0.25, -0.2) is 0 Å². The molecule has 1 aromatic rings. The number of aliphatic carboxylic acids is 1. The molecule has 0 spiro atoms. The van der Waals surface area contributed by atoms with Gasteiger partial charge in [0, 0.05) is 10.6 Å². The van der Waals surface area contributed by atoms with E-state index in [0.717, 1.165) is 17.5 Å². The molecule has 1 aromatic carbocycles. The van der Waals surface area contributed by atoms with Crippen molar-refractivity contribution in [2.24, 2.45) is 5.73 Å². The van der Waals surface area contributed by atoms with E-state index in [4.69, 9.17) is 27.2 Å². The van der Waals surface area contributed by atoms with E-state index >= 15 is 0 Å². The van der Waals surface area contributed by atoms with Crippen molar-refractivity contribution in [3.05, 3.63) is 28.3 Å². The van der Waals surface area contributed by atoms with E-state index in [0.29, 0.717) is 10.8 Å². The molecule has 1 rings (SSSR count). The molecule has 0 radical (unpaired) electrons. The molecule has 0 saturated heterocycles. The average Bonchev–Trinajstić information content (AvgIpc) is 2.27. The Labute approximate surface area is 105 Å². The maximum atomic E-state index is 10.7. The fourth-order valence-electron chi connectivity index (χ4n) is 1.65. The number of hydrogen-bond donors (Lipinski definition) is 2. The van der Waals surface area contributed by atoms with Gasteiger partial charge < -0.3 is 15.6 Å². The molecule has 5 heteroatoms. The Bertz CT molecular complexity index is 420. The van der Waals surface area contributed by atoms with E-state index in [1.54, 1.807) is 19.2 Å². The molecule has 1 unspecified atom stereocenters. The maximum absolute atomic E-state index is 10.7. The number of ether oxygens (including phenoxy) is 1. The lowest BCUT2D eigenvalue weighted by molar-refractivity contribution is -0.138. The molecule has 0 bridgehead atoms. The summed E-state index contributed by atoms with van der Waals surface area (Å²) in [5.74, 6) is -0.354. The fourth-order valence-corrected chi connectivity index (χ4v) is 2.02. The molecule has 0 saturated carbocycles. The quantitative estimate of drug-likeness (QED) is 0.845. The van der Waals surface area contributed by atoms with E-state index in [1.165, 1.54) is 0 Å². The van der Waals surface area contributed by atoms with Gasteiger partial charge in [-0.1, -0.05) is 18.5 Å². The van der Waals surface area contributed by atoms with Crippen molar-refractivity contribution < 1.29 is 14.6 Å². The average molecular weight is 258 g/mol. The van der Waals surface area contributed by atoms with Crippen molar-refractivity contribution in [2.75, 3.05) is 7.11 Å². The zero-order valence-corrected chi connectivity index (χ0v) is 10.6. The molecule has 0 amide bonds. The van der Waals surface area contributed by atoms with Crippen LogP contribution in [0, 0.1) is 0 Å². The Morgan fingerprint density at radius 2 is 2.24 bits per heavy atom. The van der Waals surface area contributed by atoms with Gasteiger partial charge in [0.25, 0.3) is 0 Å². The number of nitrogens with two attached hydrogens (primary N) is 1. The number of carboxylic acid groups (broad SMARTS) is 1. The Hall–Kier alpha value is -1.26. The lowest BCUT2D eigenvalue weighted by Gasteiger charge is -2.13. The van der Waals surface area contributed by atoms with Gasteiger partial charge >= 0.3 is 5.97 Å². The maximum Gasteiger partial charge on any atom is 0.320 e. The van der Waals surface area contributed by atoms with Crippen molar-refractivity contribution >= 4 is 17.6 Å². The summed E-state index contributed by atoms with van der Waals surface area (Å²) in [4.78, 5) is 10.7. The van der Waals surface area contributed by atoms with Crippen LogP contribution in [-0.4, -0.2) is 24.2 Å². The van der Waals surface area contributed by atoms with E-state index in [1.807, 2.05) is 6.92 Å². The van der Waals surface area contributed by atoms with E-state index in [9.17, 15) is 4.79 Å². The summed E-state index contributed by atoms with van der Waals surface area (Å²) in [7, 11) is 1.56. The molecule has 0 aliphatic rings. The number of rotatable bonds is 5. The molecule has 0 aliphatic carbocycles. The predicted molar refractivity (Wildman–Crippen MR) is 66.7 cm³/mol. The highest BCUT2D eigenvalue weighted by atomic mass is 35.5. The first-order valence-corrected chi connectivity index (χ1v) is 5.71. The van der Waals surface area contributed by atoms with Crippen LogP contribution in [0.5, 0.6) is 5.75 Å². The van der Waals surface area contributed by atoms with Gasteiger partial charge in [-0.15, -0.1) is 0 Å². The van der Waals surface area contributed by atoms with E-state index < -0.39 is 12.0 Å². The standard InChI is InChI=1S/C12H16ClNO3/c1-3-8-9(13)4-7(6-11(8)17-2)5-10(14)12(15)16/h4,6,10H,3,5,14H2,1-2H3,(H,15,16). The van der Waals surface area contributed by atoms with Gasteiger partial charge in [-0.2, -0.15) is 0 Å². The molecule has 0 aromatic heterocycles. The topological polar surface area (TPSA) is 72.6 Å². The van der Waals surface area contributed by atoms with Crippen LogP contribution in [0.3, 0.4) is 0 Å². The van der Waals surface area contributed by atoms with Crippen molar-refractivity contribution in [1.29, 1.82) is 0 Å². The van der Waals surface area contributed by atoms with Gasteiger partial charge in [-0.05, 0) is 30.5 Å². The summed E-state index contributed by atoms with van der Waals surface area (Å²) in [5.41, 5.74) is 7.16. The summed E-state index contributed by atoms with van der Waals surface area (Å²) in [6.07, 6.45) is 0.989. The number of methoxy groups -OCH3 is 1. The highest BCUT2D eigenvalue weighted by Gasteiger charge is 2.15. The molecule has 17 heavy (non-hydrogen) atoms. The number of benzene rings is 1. The second-order valence-electron chi connectivity index (χ2n) is 3.76. The minimum absolute atomic E-state index is 0.232. The van der Waals surface area contributed by atoms with Crippen LogP contribution < -0.4 is 10.5 Å². The largest absolute Gasteiger partial charge is 0.496 e. The molecule has 3 N–H and O–H groups in total. The number of halogens is 1. The third-order valence-electron chi connectivity index (χ3n) is 2.56. The fraction of sp³-hybridized carbons (Fsp3) is 0.417. The predicted octanol–water partition coefficient (Wildman–Crippen LogP) is 1.87. The summed E-state index contributed by atoms with van der Waals surface area (Å²) in [6, 6.07) is 2.60. The van der Waals surface area contributed by atoms with Crippen LogP contribution in [0.15, 0.2) is 12.1 Å². The third-order valence-corrected chi connectivity index (χ3v) is 2.90. The van der Waals surface area contributed by atoms with Gasteiger partial charge in [0.15, 0.2) is 0 Å². The van der Waals surface area contributed by atoms with Gasteiger partial charge in [-0.3, -0.25) is 4.79 Å². The SMILES string of the molecule is CCc1c(Cl)cc(CC(N)C(=O)O)cc1OC. The number of carboxylic acids is 1. The monoisotopic (exact) mass is 257 g/mol. The van der Waals surface area contributed by atoms with Crippen molar-refractivity contribution in [1.82, 2.24) is 0 Å². The van der Waals surface area contributed by atoms with Crippen LogP contribution in [0.25, 0.3) is 0 Å². The Kier molecular flexibility index (Phi) is 4.78. The Morgan fingerprint density at radius 1 is 1.59 bits per heavy atom. The third kappa shape index (κ3) is 3.35. The zero-order valence-electron chi connectivity index (χ0n) is 9.87. The number of carbonyl (C=O) groups is 1. The lowest BCUT2D eigenvalue weighted by atomic mass is 10.0. The molecule has 4 nitrogen and oxygen atoms in total. The highest BCUT2D eigenvalue weighted by Crippen LogP contribution is 2.29. The van der Waals surface area contributed by atoms with Crippen LogP contribution in [0.1, 0.15) is 18.1 Å². The molecular formula is C12H16ClNO3. The molecule has 0 fully saturated rings. The van der Waals surface area contributed by atoms with Crippen LogP contribution >= 0.6 is 11.6 Å². The van der Waals surface area contributed by atoms with Crippen LogP contribution in [0.2, 0.25) is 5.02 Å². The second kappa shape index (κ2) is 5.89. The number of hydrogen-bond acceptors (Lipinski definition) is 3. The minimum atomic E-state index is -1.03. The van der Waals surface area contributed by atoms with Gasteiger partial charge in [0.1, 0.15) is 11.8 Å². The van der Waals surface area contributed by atoms with Gasteiger partial charge in [0.2, 0.25) is 0 Å². The molecule has 0 heterocycles. The van der Waals surface area contributed by atoms with Crippen molar-refractivity contribution in [3.8, 4) is 5.75 Å². The Morgan fingerprint density at radius 3 is 2.71 bits per heavy atom. The minimum Gasteiger partial charge on any atom is -0.496 e. The van der Waals surface area contributed by atoms with Crippen LogP contribution in [0.4, 0.5) is 0 Å². The first-order valence-electron chi connectivity index (χ1n) is 5.33. The summed E-state index contributed by atoms with van der Waals surface area (Å²) < 4.78 is 5.23. The zero-order chi connectivity index (χ0) is 13.0. The van der Waals surface area contributed by atoms with E-state index in [-0.39, 0.29) is 6.42 Å². The second-order valence-corrected chi connectivity index (χ2v) is 4.17.